The van der Waals surface area contributed by atoms with Crippen LogP contribution in [0.4, 0.5) is 20.9 Å². The van der Waals surface area contributed by atoms with Crippen molar-refractivity contribution in [2.75, 3.05) is 16.4 Å². The fourth-order valence-corrected chi connectivity index (χ4v) is 3.85. The summed E-state index contributed by atoms with van der Waals surface area (Å²) in [6.45, 7) is 0. The molecule has 0 aliphatic carbocycles. The molecular weight excluding hydrogens is 427 g/mol. The maximum absolute atomic E-state index is 13.6. The highest BCUT2D eigenvalue weighted by Crippen LogP contribution is 2.28. The van der Waals surface area contributed by atoms with Gasteiger partial charge in [0.05, 0.1) is 11.4 Å². The van der Waals surface area contributed by atoms with Crippen LogP contribution in [0.2, 0.25) is 0 Å². The minimum Gasteiger partial charge on any atom is -0.328 e. The summed E-state index contributed by atoms with van der Waals surface area (Å²) in [5.41, 5.74) is 1.06. The van der Waals surface area contributed by atoms with E-state index in [1.807, 2.05) is 24.3 Å². The molecule has 2 N–H and O–H groups in total. The van der Waals surface area contributed by atoms with Crippen LogP contribution in [0.5, 0.6) is 0 Å². The number of anilines is 3. The van der Waals surface area contributed by atoms with Crippen LogP contribution in [-0.4, -0.2) is 21.9 Å². The SMILES string of the molecule is O=C(CSc1nnc(Nc2ccccc2F)s1)Nc1cccc(Br)c1. The van der Waals surface area contributed by atoms with Crippen molar-refractivity contribution in [3.63, 3.8) is 0 Å². The van der Waals surface area contributed by atoms with Crippen molar-refractivity contribution in [1.29, 1.82) is 0 Å². The number of hydrogen-bond donors (Lipinski definition) is 2. The van der Waals surface area contributed by atoms with E-state index >= 15 is 0 Å². The summed E-state index contributed by atoms with van der Waals surface area (Å²) >= 11 is 5.89. The van der Waals surface area contributed by atoms with E-state index in [9.17, 15) is 9.18 Å². The number of thioether (sulfide) groups is 1. The van der Waals surface area contributed by atoms with Gasteiger partial charge in [0.2, 0.25) is 11.0 Å². The molecule has 9 heteroatoms. The van der Waals surface area contributed by atoms with E-state index in [-0.39, 0.29) is 17.5 Å². The maximum Gasteiger partial charge on any atom is 0.234 e. The van der Waals surface area contributed by atoms with Crippen LogP contribution in [0.1, 0.15) is 0 Å². The maximum atomic E-state index is 13.6. The second-order valence-electron chi connectivity index (χ2n) is 4.83. The van der Waals surface area contributed by atoms with Crippen molar-refractivity contribution in [2.24, 2.45) is 0 Å². The van der Waals surface area contributed by atoms with Gasteiger partial charge in [-0.25, -0.2) is 4.39 Å². The lowest BCUT2D eigenvalue weighted by Gasteiger charge is -2.04. The van der Waals surface area contributed by atoms with Crippen LogP contribution >= 0.6 is 39.0 Å². The topological polar surface area (TPSA) is 66.9 Å². The predicted octanol–water partition coefficient (Wildman–Crippen LogP) is 4.91. The van der Waals surface area contributed by atoms with Crippen LogP contribution in [0.3, 0.4) is 0 Å². The summed E-state index contributed by atoms with van der Waals surface area (Å²) < 4.78 is 15.1. The minimum absolute atomic E-state index is 0.137. The summed E-state index contributed by atoms with van der Waals surface area (Å²) in [5.74, 6) is -0.289. The molecule has 1 heterocycles. The van der Waals surface area contributed by atoms with Crippen LogP contribution in [0.15, 0.2) is 57.3 Å². The fourth-order valence-electron chi connectivity index (χ4n) is 1.89. The molecular formula is C16H12BrFN4OS2. The van der Waals surface area contributed by atoms with Crippen molar-refractivity contribution < 1.29 is 9.18 Å². The number of hydrogen-bond acceptors (Lipinski definition) is 6. The first-order valence-corrected chi connectivity index (χ1v) is 9.73. The highest BCUT2D eigenvalue weighted by atomic mass is 79.9. The molecule has 0 aliphatic heterocycles. The highest BCUT2D eigenvalue weighted by molar-refractivity contribution is 9.10. The summed E-state index contributed by atoms with van der Waals surface area (Å²) in [7, 11) is 0. The molecule has 0 unspecified atom stereocenters. The standard InChI is InChI=1S/C16H12BrFN4OS2/c17-10-4-3-5-11(8-10)19-14(23)9-24-16-22-21-15(25-16)20-13-7-2-1-6-12(13)18/h1-8H,9H2,(H,19,23)(H,20,21). The summed E-state index contributed by atoms with van der Waals surface area (Å²) in [4.78, 5) is 12.0. The minimum atomic E-state index is -0.361. The third kappa shape index (κ3) is 5.25. The molecule has 3 aromatic rings. The first-order valence-electron chi connectivity index (χ1n) is 7.13. The number of para-hydroxylation sites is 1. The van der Waals surface area contributed by atoms with Gasteiger partial charge in [0.25, 0.3) is 0 Å². The van der Waals surface area contributed by atoms with Gasteiger partial charge in [0.1, 0.15) is 5.82 Å². The largest absolute Gasteiger partial charge is 0.328 e. The van der Waals surface area contributed by atoms with Gasteiger partial charge < -0.3 is 10.6 Å². The lowest BCUT2D eigenvalue weighted by Crippen LogP contribution is -2.13. The number of aromatic nitrogens is 2. The first-order chi connectivity index (χ1) is 12.1. The Balaban J connectivity index is 1.53. The highest BCUT2D eigenvalue weighted by Gasteiger charge is 2.10. The number of rotatable bonds is 6. The summed E-state index contributed by atoms with van der Waals surface area (Å²) in [6.07, 6.45) is 0. The molecule has 3 rings (SSSR count). The fraction of sp³-hybridized carbons (Fsp3) is 0.0625. The van der Waals surface area contributed by atoms with E-state index in [0.29, 0.717) is 15.2 Å². The Bertz CT molecular complexity index is 890. The Morgan fingerprint density at radius 2 is 2.04 bits per heavy atom. The molecule has 1 aromatic heterocycles. The smallest absolute Gasteiger partial charge is 0.234 e. The van der Waals surface area contributed by atoms with Crippen molar-refractivity contribution in [2.45, 2.75) is 4.34 Å². The third-order valence-corrected chi connectivity index (χ3v) is 5.42. The number of carbonyl (C=O) groups is 1. The Kier molecular flexibility index (Phi) is 6.00. The van der Waals surface area contributed by atoms with Gasteiger partial charge in [0, 0.05) is 10.2 Å². The van der Waals surface area contributed by atoms with Gasteiger partial charge in [-0.15, -0.1) is 10.2 Å². The normalized spacial score (nSPS) is 10.5. The molecule has 0 atom stereocenters. The molecule has 2 aromatic carbocycles. The van der Waals surface area contributed by atoms with Gasteiger partial charge in [-0.1, -0.05) is 57.2 Å². The number of carbonyl (C=O) groups excluding carboxylic acids is 1. The monoisotopic (exact) mass is 438 g/mol. The Hall–Kier alpha value is -1.97. The molecule has 0 aliphatic rings. The van der Waals surface area contributed by atoms with E-state index in [0.717, 1.165) is 10.2 Å². The number of nitrogens with zero attached hydrogens (tertiary/aromatic N) is 2. The zero-order valence-corrected chi connectivity index (χ0v) is 15.9. The number of nitrogens with one attached hydrogen (secondary N) is 2. The van der Waals surface area contributed by atoms with E-state index in [1.54, 1.807) is 18.2 Å². The van der Waals surface area contributed by atoms with Crippen LogP contribution in [0, 0.1) is 5.82 Å². The van der Waals surface area contributed by atoms with Gasteiger partial charge in [-0.3, -0.25) is 4.79 Å². The Labute approximate surface area is 160 Å². The van der Waals surface area contributed by atoms with Crippen LogP contribution in [-0.2, 0) is 4.79 Å². The first kappa shape index (κ1) is 17.8. The second-order valence-corrected chi connectivity index (χ2v) is 7.94. The molecule has 0 bridgehead atoms. The molecule has 1 amide bonds. The van der Waals surface area contributed by atoms with E-state index in [4.69, 9.17) is 0 Å². The van der Waals surface area contributed by atoms with Gasteiger partial charge in [-0.2, -0.15) is 0 Å². The molecule has 0 saturated carbocycles. The molecule has 5 nitrogen and oxygen atoms in total. The summed E-state index contributed by atoms with van der Waals surface area (Å²) in [6, 6.07) is 13.7. The Morgan fingerprint density at radius 3 is 2.84 bits per heavy atom. The van der Waals surface area contributed by atoms with Crippen molar-refractivity contribution in [3.05, 3.63) is 58.8 Å². The van der Waals surface area contributed by atoms with Crippen LogP contribution in [0.25, 0.3) is 0 Å². The molecule has 0 saturated heterocycles. The van der Waals surface area contributed by atoms with Gasteiger partial charge in [-0.05, 0) is 30.3 Å². The average molecular weight is 439 g/mol. The van der Waals surface area contributed by atoms with Gasteiger partial charge in [0.15, 0.2) is 4.34 Å². The average Bonchev–Trinajstić information content (AvgIpc) is 3.03. The van der Waals surface area contributed by atoms with Crippen molar-refractivity contribution in [3.8, 4) is 0 Å². The van der Waals surface area contributed by atoms with E-state index in [2.05, 4.69) is 36.8 Å². The molecule has 0 radical (unpaired) electrons. The predicted molar refractivity (Wildman–Crippen MR) is 103 cm³/mol. The van der Waals surface area contributed by atoms with Crippen molar-refractivity contribution in [1.82, 2.24) is 10.2 Å². The number of benzene rings is 2. The molecule has 25 heavy (non-hydrogen) atoms. The molecule has 128 valence electrons. The van der Waals surface area contributed by atoms with E-state index < -0.39 is 0 Å². The Morgan fingerprint density at radius 1 is 1.20 bits per heavy atom. The lowest BCUT2D eigenvalue weighted by atomic mass is 10.3. The lowest BCUT2D eigenvalue weighted by molar-refractivity contribution is -0.113. The zero-order valence-electron chi connectivity index (χ0n) is 12.7. The second kappa shape index (κ2) is 8.41. The van der Waals surface area contributed by atoms with Gasteiger partial charge >= 0.3 is 0 Å². The van der Waals surface area contributed by atoms with Crippen LogP contribution < -0.4 is 10.6 Å². The van der Waals surface area contributed by atoms with E-state index in [1.165, 1.54) is 29.2 Å². The quantitative estimate of drug-likeness (QED) is 0.534. The summed E-state index contributed by atoms with van der Waals surface area (Å²) in [5, 5.41) is 14.1. The molecule has 0 fully saturated rings. The molecule has 0 spiro atoms. The van der Waals surface area contributed by atoms with Crippen molar-refractivity contribution >= 4 is 61.4 Å². The number of halogens is 2. The number of amides is 1. The zero-order chi connectivity index (χ0) is 17.6. The third-order valence-electron chi connectivity index (χ3n) is 2.96.